The lowest BCUT2D eigenvalue weighted by molar-refractivity contribution is -0.137. The molecule has 4 heteroatoms. The number of para-hydroxylation sites is 1. The Morgan fingerprint density at radius 3 is 2.61 bits per heavy atom. The van der Waals surface area contributed by atoms with Crippen LogP contribution in [0.1, 0.15) is 31.2 Å². The van der Waals surface area contributed by atoms with Crippen molar-refractivity contribution in [3.8, 4) is 0 Å². The van der Waals surface area contributed by atoms with Gasteiger partial charge in [-0.3, -0.25) is 4.79 Å². The average Bonchev–Trinajstić information content (AvgIpc) is 3.02. The number of hydrogen-bond acceptors (Lipinski definition) is 2. The third-order valence-corrected chi connectivity index (χ3v) is 5.63. The van der Waals surface area contributed by atoms with E-state index in [4.69, 9.17) is 4.74 Å². The van der Waals surface area contributed by atoms with Crippen LogP contribution in [0.5, 0.6) is 0 Å². The molecule has 1 amide bonds. The van der Waals surface area contributed by atoms with Crippen molar-refractivity contribution in [2.24, 2.45) is 7.05 Å². The predicted octanol–water partition coefficient (Wildman–Crippen LogP) is 2.89. The number of carbonyl (C=O) groups is 1. The first kappa shape index (κ1) is 14.8. The number of benzene rings is 1. The van der Waals surface area contributed by atoms with Crippen molar-refractivity contribution >= 4 is 16.8 Å². The second-order valence-electron chi connectivity index (χ2n) is 6.97. The average molecular weight is 312 g/mol. The lowest BCUT2D eigenvalue weighted by Gasteiger charge is -2.38. The molecule has 1 aromatic carbocycles. The Morgan fingerprint density at radius 1 is 1.22 bits per heavy atom. The number of aromatic nitrogens is 1. The van der Waals surface area contributed by atoms with E-state index in [-0.39, 0.29) is 5.91 Å². The van der Waals surface area contributed by atoms with Gasteiger partial charge in [-0.25, -0.2) is 0 Å². The molecule has 0 aliphatic carbocycles. The zero-order chi connectivity index (χ0) is 16.0. The molecule has 3 heterocycles. The van der Waals surface area contributed by atoms with Crippen molar-refractivity contribution in [3.63, 3.8) is 0 Å². The standard InChI is InChI=1S/C19H24N2O2/c1-20-12-13(17-5-3-4-6-18(17)20)9-19(22)21-14-7-8-15(21)11-16(10-14)23-2/h3-6,12,14-16H,7-11H2,1-2H3. The molecule has 2 aliphatic rings. The van der Waals surface area contributed by atoms with Crippen LogP contribution in [0.15, 0.2) is 30.5 Å². The van der Waals surface area contributed by atoms with E-state index in [1.807, 2.05) is 19.2 Å². The molecule has 23 heavy (non-hydrogen) atoms. The molecule has 0 saturated carbocycles. The topological polar surface area (TPSA) is 34.5 Å². The van der Waals surface area contributed by atoms with Gasteiger partial charge in [0.05, 0.1) is 12.5 Å². The normalized spacial score (nSPS) is 26.9. The van der Waals surface area contributed by atoms with Crippen molar-refractivity contribution in [1.29, 1.82) is 0 Å². The van der Waals surface area contributed by atoms with E-state index in [9.17, 15) is 4.79 Å². The molecular formula is C19H24N2O2. The van der Waals surface area contributed by atoms with Gasteiger partial charge in [0, 0.05) is 43.3 Å². The van der Waals surface area contributed by atoms with Gasteiger partial charge in [0.25, 0.3) is 0 Å². The highest BCUT2D eigenvalue weighted by atomic mass is 16.5. The summed E-state index contributed by atoms with van der Waals surface area (Å²) in [7, 11) is 3.84. The molecule has 2 aliphatic heterocycles. The van der Waals surface area contributed by atoms with Gasteiger partial charge in [0.1, 0.15) is 0 Å². The molecule has 0 N–H and O–H groups in total. The van der Waals surface area contributed by atoms with Gasteiger partial charge in [0.2, 0.25) is 5.91 Å². The van der Waals surface area contributed by atoms with Crippen molar-refractivity contribution in [1.82, 2.24) is 9.47 Å². The minimum atomic E-state index is 0.281. The van der Waals surface area contributed by atoms with Gasteiger partial charge >= 0.3 is 0 Å². The number of aryl methyl sites for hydroxylation is 1. The fourth-order valence-electron chi connectivity index (χ4n) is 4.55. The lowest BCUT2D eigenvalue weighted by Crippen LogP contribution is -2.48. The van der Waals surface area contributed by atoms with Gasteiger partial charge in [-0.1, -0.05) is 18.2 Å². The van der Waals surface area contributed by atoms with E-state index in [0.717, 1.165) is 31.2 Å². The smallest absolute Gasteiger partial charge is 0.227 e. The first-order chi connectivity index (χ1) is 11.2. The van der Waals surface area contributed by atoms with Crippen LogP contribution in [0, 0.1) is 0 Å². The molecule has 2 bridgehead atoms. The molecule has 2 unspecified atom stereocenters. The highest BCUT2D eigenvalue weighted by Crippen LogP contribution is 2.37. The first-order valence-corrected chi connectivity index (χ1v) is 8.54. The zero-order valence-corrected chi connectivity index (χ0v) is 13.9. The summed E-state index contributed by atoms with van der Waals surface area (Å²) in [5.41, 5.74) is 2.33. The fraction of sp³-hybridized carbons (Fsp3) is 0.526. The first-order valence-electron chi connectivity index (χ1n) is 8.54. The van der Waals surface area contributed by atoms with E-state index < -0.39 is 0 Å². The second-order valence-corrected chi connectivity index (χ2v) is 6.97. The maximum atomic E-state index is 13.0. The molecular weight excluding hydrogens is 288 g/mol. The molecule has 0 radical (unpaired) electrons. The predicted molar refractivity (Wildman–Crippen MR) is 90.3 cm³/mol. The molecule has 4 nitrogen and oxygen atoms in total. The summed E-state index contributed by atoms with van der Waals surface area (Å²) in [5.74, 6) is 0.281. The number of piperidine rings is 1. The molecule has 1 aromatic heterocycles. The number of amides is 1. The largest absolute Gasteiger partial charge is 0.381 e. The van der Waals surface area contributed by atoms with Gasteiger partial charge in [0.15, 0.2) is 0 Å². The van der Waals surface area contributed by atoms with Crippen molar-refractivity contribution in [3.05, 3.63) is 36.0 Å². The number of carbonyl (C=O) groups excluding carboxylic acids is 1. The molecule has 4 rings (SSSR count). The van der Waals surface area contributed by atoms with Gasteiger partial charge in [-0.05, 0) is 37.3 Å². The molecule has 2 aromatic rings. The lowest BCUT2D eigenvalue weighted by atomic mass is 9.98. The zero-order valence-electron chi connectivity index (χ0n) is 13.9. The van der Waals surface area contributed by atoms with Crippen LogP contribution in [0.4, 0.5) is 0 Å². The Kier molecular flexibility index (Phi) is 3.64. The van der Waals surface area contributed by atoms with Crippen molar-refractivity contribution in [2.45, 2.75) is 50.3 Å². The summed E-state index contributed by atoms with van der Waals surface area (Å²) in [5, 5.41) is 1.20. The van der Waals surface area contributed by atoms with E-state index in [2.05, 4.69) is 27.8 Å². The van der Waals surface area contributed by atoms with Crippen LogP contribution in [-0.4, -0.2) is 40.7 Å². The summed E-state index contributed by atoms with van der Waals surface area (Å²) in [6.07, 6.45) is 7.19. The van der Waals surface area contributed by atoms with Gasteiger partial charge < -0.3 is 14.2 Å². The van der Waals surface area contributed by atoms with Crippen LogP contribution in [0.25, 0.3) is 10.9 Å². The highest BCUT2D eigenvalue weighted by molar-refractivity contribution is 5.89. The molecule has 2 saturated heterocycles. The van der Waals surface area contributed by atoms with Crippen LogP contribution in [0.3, 0.4) is 0 Å². The maximum absolute atomic E-state index is 13.0. The number of hydrogen-bond donors (Lipinski definition) is 0. The molecule has 0 spiro atoms. The van der Waals surface area contributed by atoms with Gasteiger partial charge in [-0.2, -0.15) is 0 Å². The monoisotopic (exact) mass is 312 g/mol. The van der Waals surface area contributed by atoms with Gasteiger partial charge in [-0.15, -0.1) is 0 Å². The van der Waals surface area contributed by atoms with E-state index in [1.165, 1.54) is 10.9 Å². The number of fused-ring (bicyclic) bond motifs is 3. The Morgan fingerprint density at radius 2 is 1.91 bits per heavy atom. The van der Waals surface area contributed by atoms with Crippen molar-refractivity contribution in [2.75, 3.05) is 7.11 Å². The van der Waals surface area contributed by atoms with E-state index in [0.29, 0.717) is 24.6 Å². The number of methoxy groups -OCH3 is 1. The summed E-state index contributed by atoms with van der Waals surface area (Å²) in [6, 6.07) is 9.07. The van der Waals surface area contributed by atoms with E-state index in [1.54, 1.807) is 7.11 Å². The highest BCUT2D eigenvalue weighted by Gasteiger charge is 2.43. The number of ether oxygens (including phenoxy) is 1. The number of nitrogens with zero attached hydrogens (tertiary/aromatic N) is 2. The van der Waals surface area contributed by atoms with Crippen LogP contribution < -0.4 is 0 Å². The minimum absolute atomic E-state index is 0.281. The summed E-state index contributed by atoms with van der Waals surface area (Å²) in [6.45, 7) is 0. The maximum Gasteiger partial charge on any atom is 0.227 e. The third-order valence-electron chi connectivity index (χ3n) is 5.63. The minimum Gasteiger partial charge on any atom is -0.381 e. The third kappa shape index (κ3) is 2.45. The molecule has 2 fully saturated rings. The fourth-order valence-corrected chi connectivity index (χ4v) is 4.55. The number of rotatable bonds is 3. The SMILES string of the molecule is COC1CC2CCC(C1)N2C(=O)Cc1cn(C)c2ccccc12. The van der Waals surface area contributed by atoms with Crippen molar-refractivity contribution < 1.29 is 9.53 Å². The molecule has 122 valence electrons. The van der Waals surface area contributed by atoms with Crippen LogP contribution in [0.2, 0.25) is 0 Å². The summed E-state index contributed by atoms with van der Waals surface area (Å²) in [4.78, 5) is 15.1. The summed E-state index contributed by atoms with van der Waals surface area (Å²) < 4.78 is 7.65. The van der Waals surface area contributed by atoms with Crippen LogP contribution >= 0.6 is 0 Å². The Hall–Kier alpha value is -1.81. The van der Waals surface area contributed by atoms with Crippen LogP contribution in [-0.2, 0) is 23.0 Å². The Balaban J connectivity index is 1.56. The van der Waals surface area contributed by atoms with E-state index >= 15 is 0 Å². The molecule has 2 atom stereocenters. The second kappa shape index (κ2) is 5.68. The Bertz CT molecular complexity index is 722. The quantitative estimate of drug-likeness (QED) is 0.873. The summed E-state index contributed by atoms with van der Waals surface area (Å²) >= 11 is 0. The Labute approximate surface area is 137 Å².